The first kappa shape index (κ1) is 11.8. The SMILES string of the molecule is CC1CCCC(C(=O)C2Cc3ccccc3O2)C1. The van der Waals surface area contributed by atoms with Gasteiger partial charge in [-0.3, -0.25) is 4.79 Å². The van der Waals surface area contributed by atoms with Crippen molar-refractivity contribution in [3.8, 4) is 5.75 Å². The van der Waals surface area contributed by atoms with Gasteiger partial charge in [0.15, 0.2) is 11.9 Å². The van der Waals surface area contributed by atoms with E-state index in [2.05, 4.69) is 13.0 Å². The molecule has 0 saturated heterocycles. The molecule has 1 heterocycles. The van der Waals surface area contributed by atoms with Gasteiger partial charge in [-0.2, -0.15) is 0 Å². The van der Waals surface area contributed by atoms with Crippen molar-refractivity contribution in [2.45, 2.75) is 45.1 Å². The van der Waals surface area contributed by atoms with E-state index >= 15 is 0 Å². The number of ether oxygens (including phenoxy) is 1. The van der Waals surface area contributed by atoms with Gasteiger partial charge in [0.05, 0.1) is 0 Å². The summed E-state index contributed by atoms with van der Waals surface area (Å²) in [6.07, 6.45) is 5.11. The number of Topliss-reactive ketones (excluding diaryl/α,β-unsaturated/α-hetero) is 1. The zero-order chi connectivity index (χ0) is 12.5. The van der Waals surface area contributed by atoms with Crippen molar-refractivity contribution in [1.82, 2.24) is 0 Å². The second-order valence-corrected chi connectivity index (χ2v) is 5.79. The smallest absolute Gasteiger partial charge is 0.176 e. The molecule has 2 aliphatic rings. The van der Waals surface area contributed by atoms with Crippen LogP contribution in [0.15, 0.2) is 24.3 Å². The number of hydrogen-bond donors (Lipinski definition) is 0. The summed E-state index contributed by atoms with van der Waals surface area (Å²) >= 11 is 0. The average Bonchev–Trinajstić information content (AvgIpc) is 2.81. The molecule has 3 atom stereocenters. The van der Waals surface area contributed by atoms with Gasteiger partial charge in [0.1, 0.15) is 5.75 Å². The molecule has 3 unspecified atom stereocenters. The van der Waals surface area contributed by atoms with Crippen LogP contribution in [0.4, 0.5) is 0 Å². The molecule has 0 bridgehead atoms. The lowest BCUT2D eigenvalue weighted by Crippen LogP contribution is -2.34. The summed E-state index contributed by atoms with van der Waals surface area (Å²) in [5.41, 5.74) is 1.18. The van der Waals surface area contributed by atoms with Crippen molar-refractivity contribution in [2.24, 2.45) is 11.8 Å². The van der Waals surface area contributed by atoms with Crippen LogP contribution in [0.25, 0.3) is 0 Å². The maximum absolute atomic E-state index is 12.5. The Morgan fingerprint density at radius 2 is 2.11 bits per heavy atom. The first-order valence-electron chi connectivity index (χ1n) is 7.02. The van der Waals surface area contributed by atoms with Crippen LogP contribution in [-0.2, 0) is 11.2 Å². The van der Waals surface area contributed by atoms with E-state index in [1.54, 1.807) is 0 Å². The van der Waals surface area contributed by atoms with Gasteiger partial charge in [-0.05, 0) is 30.4 Å². The molecule has 0 aromatic heterocycles. The Hall–Kier alpha value is -1.31. The Bertz CT molecular complexity index is 427. The normalized spacial score (nSPS) is 30.6. The second-order valence-electron chi connectivity index (χ2n) is 5.79. The molecule has 1 aromatic rings. The van der Waals surface area contributed by atoms with Crippen LogP contribution < -0.4 is 4.74 Å². The van der Waals surface area contributed by atoms with Gasteiger partial charge in [0.2, 0.25) is 0 Å². The zero-order valence-corrected chi connectivity index (χ0v) is 10.9. The van der Waals surface area contributed by atoms with Crippen molar-refractivity contribution < 1.29 is 9.53 Å². The van der Waals surface area contributed by atoms with Crippen molar-refractivity contribution in [3.63, 3.8) is 0 Å². The van der Waals surface area contributed by atoms with Crippen molar-refractivity contribution >= 4 is 5.78 Å². The average molecular weight is 244 g/mol. The lowest BCUT2D eigenvalue weighted by atomic mass is 9.79. The predicted molar refractivity (Wildman–Crippen MR) is 70.7 cm³/mol. The van der Waals surface area contributed by atoms with Gasteiger partial charge in [0, 0.05) is 12.3 Å². The van der Waals surface area contributed by atoms with E-state index in [4.69, 9.17) is 4.74 Å². The van der Waals surface area contributed by atoms with E-state index in [0.717, 1.165) is 25.0 Å². The monoisotopic (exact) mass is 244 g/mol. The highest BCUT2D eigenvalue weighted by Gasteiger charge is 2.35. The van der Waals surface area contributed by atoms with Crippen LogP contribution in [0, 0.1) is 11.8 Å². The molecule has 1 saturated carbocycles. The molecule has 1 aliphatic heterocycles. The van der Waals surface area contributed by atoms with E-state index in [1.807, 2.05) is 18.2 Å². The van der Waals surface area contributed by atoms with E-state index in [1.165, 1.54) is 18.4 Å². The number of para-hydroxylation sites is 1. The third-order valence-corrected chi connectivity index (χ3v) is 4.30. The summed E-state index contributed by atoms with van der Waals surface area (Å²) in [5.74, 6) is 2.15. The molecule has 18 heavy (non-hydrogen) atoms. The van der Waals surface area contributed by atoms with Gasteiger partial charge in [0.25, 0.3) is 0 Å². The fourth-order valence-electron chi connectivity index (χ4n) is 3.30. The van der Waals surface area contributed by atoms with Gasteiger partial charge in [-0.15, -0.1) is 0 Å². The van der Waals surface area contributed by atoms with Crippen LogP contribution in [0.5, 0.6) is 5.75 Å². The molecule has 3 rings (SSSR count). The molecule has 0 spiro atoms. The van der Waals surface area contributed by atoms with E-state index in [-0.39, 0.29) is 12.0 Å². The van der Waals surface area contributed by atoms with Crippen LogP contribution in [0.2, 0.25) is 0 Å². The molecule has 0 amide bonds. The maximum atomic E-state index is 12.5. The van der Waals surface area contributed by atoms with Crippen LogP contribution in [0.1, 0.15) is 38.2 Å². The third-order valence-electron chi connectivity index (χ3n) is 4.30. The van der Waals surface area contributed by atoms with Crippen LogP contribution >= 0.6 is 0 Å². The fourth-order valence-corrected chi connectivity index (χ4v) is 3.30. The minimum absolute atomic E-state index is 0.224. The minimum atomic E-state index is -0.224. The first-order valence-corrected chi connectivity index (χ1v) is 7.02. The summed E-state index contributed by atoms with van der Waals surface area (Å²) in [6.45, 7) is 2.25. The van der Waals surface area contributed by atoms with E-state index < -0.39 is 0 Å². The van der Waals surface area contributed by atoms with Gasteiger partial charge in [-0.1, -0.05) is 38.0 Å². The molecule has 2 nitrogen and oxygen atoms in total. The lowest BCUT2D eigenvalue weighted by molar-refractivity contribution is -0.130. The van der Waals surface area contributed by atoms with Crippen LogP contribution in [0.3, 0.4) is 0 Å². The Labute approximate surface area is 108 Å². The number of benzene rings is 1. The van der Waals surface area contributed by atoms with Gasteiger partial charge in [-0.25, -0.2) is 0 Å². The molecule has 1 fully saturated rings. The highest BCUT2D eigenvalue weighted by Crippen LogP contribution is 2.34. The number of ketones is 1. The third kappa shape index (κ3) is 2.16. The molecule has 1 aliphatic carbocycles. The quantitative estimate of drug-likeness (QED) is 0.797. The highest BCUT2D eigenvalue weighted by atomic mass is 16.5. The molecule has 2 heteroatoms. The van der Waals surface area contributed by atoms with Gasteiger partial charge >= 0.3 is 0 Å². The number of carbonyl (C=O) groups excluding carboxylic acids is 1. The molecule has 1 aromatic carbocycles. The zero-order valence-electron chi connectivity index (χ0n) is 10.9. The Kier molecular flexibility index (Phi) is 3.11. The van der Waals surface area contributed by atoms with Crippen molar-refractivity contribution in [2.75, 3.05) is 0 Å². The molecular formula is C16H20O2. The van der Waals surface area contributed by atoms with Gasteiger partial charge < -0.3 is 4.74 Å². The Morgan fingerprint density at radius 1 is 1.28 bits per heavy atom. The minimum Gasteiger partial charge on any atom is -0.482 e. The molecule has 0 radical (unpaired) electrons. The number of carbonyl (C=O) groups is 1. The molecule has 0 N–H and O–H groups in total. The van der Waals surface area contributed by atoms with Crippen molar-refractivity contribution in [3.05, 3.63) is 29.8 Å². The topological polar surface area (TPSA) is 26.3 Å². The first-order chi connectivity index (χ1) is 8.74. The number of hydrogen-bond acceptors (Lipinski definition) is 2. The molecule has 96 valence electrons. The summed E-state index contributed by atoms with van der Waals surface area (Å²) in [6, 6.07) is 8.00. The largest absolute Gasteiger partial charge is 0.482 e. The summed E-state index contributed by atoms with van der Waals surface area (Å²) in [4.78, 5) is 12.5. The van der Waals surface area contributed by atoms with Crippen LogP contribution in [-0.4, -0.2) is 11.9 Å². The maximum Gasteiger partial charge on any atom is 0.176 e. The fraction of sp³-hybridized carbons (Fsp3) is 0.562. The van der Waals surface area contributed by atoms with E-state index in [9.17, 15) is 4.79 Å². The highest BCUT2D eigenvalue weighted by molar-refractivity contribution is 5.87. The standard InChI is InChI=1S/C16H20O2/c1-11-5-4-7-13(9-11)16(17)15-10-12-6-2-3-8-14(12)18-15/h2-3,6,8,11,13,15H,4-5,7,9-10H2,1H3. The molecular weight excluding hydrogens is 224 g/mol. The Morgan fingerprint density at radius 3 is 2.89 bits per heavy atom. The lowest BCUT2D eigenvalue weighted by Gasteiger charge is -2.27. The van der Waals surface area contributed by atoms with E-state index in [0.29, 0.717) is 11.7 Å². The Balaban J connectivity index is 1.68. The number of rotatable bonds is 2. The number of fused-ring (bicyclic) bond motifs is 1. The predicted octanol–water partition coefficient (Wildman–Crippen LogP) is 3.39. The summed E-state index contributed by atoms with van der Waals surface area (Å²) in [7, 11) is 0. The van der Waals surface area contributed by atoms with Crippen molar-refractivity contribution in [1.29, 1.82) is 0 Å². The summed E-state index contributed by atoms with van der Waals surface area (Å²) in [5, 5.41) is 0. The second kappa shape index (κ2) is 4.75. The summed E-state index contributed by atoms with van der Waals surface area (Å²) < 4.78 is 5.81.